The fourth-order valence-electron chi connectivity index (χ4n) is 1.31. The Kier molecular flexibility index (Phi) is 5.43. The zero-order valence-electron chi connectivity index (χ0n) is 8.69. The van der Waals surface area contributed by atoms with Gasteiger partial charge in [-0.1, -0.05) is 11.6 Å². The molecule has 0 spiro atoms. The fourth-order valence-corrected chi connectivity index (χ4v) is 1.78. The second-order valence-corrected chi connectivity index (χ2v) is 4.27. The first-order valence-electron chi connectivity index (χ1n) is 4.91. The summed E-state index contributed by atoms with van der Waals surface area (Å²) in [4.78, 5) is 0. The van der Waals surface area contributed by atoms with Crippen LogP contribution in [0.1, 0.15) is 11.1 Å². The highest BCUT2D eigenvalue weighted by Crippen LogP contribution is 2.20. The molecular weight excluding hydrogens is 233 g/mol. The molecule has 1 N–H and O–H groups in total. The standard InChI is InChI=1S/C11H15ClFNS/c1-8-6-10(12)9(7-11(8)13)2-3-14-4-5-15/h6-7,14-15H,2-5H2,1H3. The topological polar surface area (TPSA) is 12.0 Å². The van der Waals surface area contributed by atoms with E-state index < -0.39 is 0 Å². The van der Waals surface area contributed by atoms with Crippen molar-refractivity contribution in [2.45, 2.75) is 13.3 Å². The first-order chi connectivity index (χ1) is 7.15. The number of benzene rings is 1. The third kappa shape index (κ3) is 4.01. The Morgan fingerprint density at radius 2 is 2.13 bits per heavy atom. The van der Waals surface area contributed by atoms with Crippen molar-refractivity contribution in [2.24, 2.45) is 0 Å². The second kappa shape index (κ2) is 6.36. The van der Waals surface area contributed by atoms with E-state index in [1.165, 1.54) is 6.07 Å². The Hall–Kier alpha value is -0.250. The third-order valence-electron chi connectivity index (χ3n) is 2.19. The summed E-state index contributed by atoms with van der Waals surface area (Å²) >= 11 is 10.1. The van der Waals surface area contributed by atoms with Gasteiger partial charge in [0, 0.05) is 17.3 Å². The van der Waals surface area contributed by atoms with Crippen LogP contribution in [0.3, 0.4) is 0 Å². The van der Waals surface area contributed by atoms with Gasteiger partial charge in [-0.25, -0.2) is 4.39 Å². The van der Waals surface area contributed by atoms with E-state index in [1.54, 1.807) is 13.0 Å². The van der Waals surface area contributed by atoms with E-state index in [0.717, 1.165) is 30.8 Å². The Bertz CT molecular complexity index is 331. The molecule has 0 atom stereocenters. The summed E-state index contributed by atoms with van der Waals surface area (Å²) in [6.07, 6.45) is 0.740. The van der Waals surface area contributed by atoms with E-state index in [4.69, 9.17) is 11.6 Å². The molecular formula is C11H15ClFNS. The largest absolute Gasteiger partial charge is 0.316 e. The second-order valence-electron chi connectivity index (χ2n) is 3.42. The molecule has 1 rings (SSSR count). The number of halogens is 2. The van der Waals surface area contributed by atoms with Gasteiger partial charge in [0.2, 0.25) is 0 Å². The van der Waals surface area contributed by atoms with Crippen LogP contribution in [0.2, 0.25) is 5.02 Å². The lowest BCUT2D eigenvalue weighted by atomic mass is 10.1. The molecule has 4 heteroatoms. The molecule has 1 aromatic carbocycles. The highest BCUT2D eigenvalue weighted by molar-refractivity contribution is 7.80. The molecule has 1 nitrogen and oxygen atoms in total. The first kappa shape index (κ1) is 12.8. The molecule has 0 aliphatic carbocycles. The van der Waals surface area contributed by atoms with Crippen molar-refractivity contribution in [2.75, 3.05) is 18.8 Å². The molecule has 0 amide bonds. The van der Waals surface area contributed by atoms with Crippen molar-refractivity contribution in [1.29, 1.82) is 0 Å². The molecule has 0 heterocycles. The van der Waals surface area contributed by atoms with E-state index >= 15 is 0 Å². The number of hydrogen-bond donors (Lipinski definition) is 2. The molecule has 0 aliphatic heterocycles. The molecule has 0 fully saturated rings. The van der Waals surface area contributed by atoms with Crippen molar-refractivity contribution < 1.29 is 4.39 Å². The maximum Gasteiger partial charge on any atom is 0.126 e. The Labute approximate surface area is 100 Å². The van der Waals surface area contributed by atoms with Gasteiger partial charge >= 0.3 is 0 Å². The molecule has 0 saturated carbocycles. The molecule has 84 valence electrons. The smallest absolute Gasteiger partial charge is 0.126 e. The van der Waals surface area contributed by atoms with Crippen molar-refractivity contribution in [3.63, 3.8) is 0 Å². The normalized spacial score (nSPS) is 10.7. The van der Waals surface area contributed by atoms with Gasteiger partial charge in [0.15, 0.2) is 0 Å². The van der Waals surface area contributed by atoms with Crippen LogP contribution < -0.4 is 5.32 Å². The Balaban J connectivity index is 2.57. The van der Waals surface area contributed by atoms with Crippen LogP contribution in [0.5, 0.6) is 0 Å². The van der Waals surface area contributed by atoms with Gasteiger partial charge in [0.05, 0.1) is 0 Å². The average molecular weight is 248 g/mol. The van der Waals surface area contributed by atoms with Crippen molar-refractivity contribution in [3.8, 4) is 0 Å². The SMILES string of the molecule is Cc1cc(Cl)c(CCNCCS)cc1F. The summed E-state index contributed by atoms with van der Waals surface area (Å²) in [7, 11) is 0. The summed E-state index contributed by atoms with van der Waals surface area (Å²) in [5.41, 5.74) is 1.44. The quantitative estimate of drug-likeness (QED) is 0.602. The summed E-state index contributed by atoms with van der Waals surface area (Å²) in [5.74, 6) is 0.610. The number of thiol groups is 1. The fraction of sp³-hybridized carbons (Fsp3) is 0.455. The summed E-state index contributed by atoms with van der Waals surface area (Å²) in [6.45, 7) is 3.36. The summed E-state index contributed by atoms with van der Waals surface area (Å²) < 4.78 is 13.2. The lowest BCUT2D eigenvalue weighted by molar-refractivity contribution is 0.614. The van der Waals surface area contributed by atoms with Gasteiger partial charge < -0.3 is 5.32 Å². The van der Waals surface area contributed by atoms with E-state index in [2.05, 4.69) is 17.9 Å². The number of rotatable bonds is 5. The first-order valence-corrected chi connectivity index (χ1v) is 5.92. The highest BCUT2D eigenvalue weighted by Gasteiger charge is 2.05. The molecule has 0 unspecified atom stereocenters. The highest BCUT2D eigenvalue weighted by atomic mass is 35.5. The van der Waals surface area contributed by atoms with Crippen molar-refractivity contribution in [3.05, 3.63) is 34.1 Å². The molecule has 15 heavy (non-hydrogen) atoms. The zero-order chi connectivity index (χ0) is 11.3. The third-order valence-corrected chi connectivity index (χ3v) is 2.76. The van der Waals surface area contributed by atoms with Crippen LogP contribution in [0, 0.1) is 12.7 Å². The maximum absolute atomic E-state index is 13.2. The van der Waals surface area contributed by atoms with E-state index in [0.29, 0.717) is 10.6 Å². The molecule has 0 radical (unpaired) electrons. The molecule has 1 aromatic rings. The monoisotopic (exact) mass is 247 g/mol. The molecule has 0 saturated heterocycles. The van der Waals surface area contributed by atoms with Gasteiger partial charge in [-0.2, -0.15) is 12.6 Å². The minimum Gasteiger partial charge on any atom is -0.316 e. The van der Waals surface area contributed by atoms with E-state index in [9.17, 15) is 4.39 Å². The Morgan fingerprint density at radius 1 is 1.40 bits per heavy atom. The van der Waals surface area contributed by atoms with Crippen LogP contribution in [0.15, 0.2) is 12.1 Å². The average Bonchev–Trinajstić information content (AvgIpc) is 2.20. The van der Waals surface area contributed by atoms with Crippen LogP contribution in [-0.2, 0) is 6.42 Å². The Morgan fingerprint density at radius 3 is 2.80 bits per heavy atom. The van der Waals surface area contributed by atoms with Crippen LogP contribution in [0.4, 0.5) is 4.39 Å². The molecule has 0 aromatic heterocycles. The van der Waals surface area contributed by atoms with Gasteiger partial charge in [-0.15, -0.1) is 0 Å². The lowest BCUT2D eigenvalue weighted by Gasteiger charge is -2.07. The van der Waals surface area contributed by atoms with Crippen LogP contribution in [0.25, 0.3) is 0 Å². The van der Waals surface area contributed by atoms with Gasteiger partial charge in [0.1, 0.15) is 5.82 Å². The molecule has 0 aliphatic rings. The minimum atomic E-state index is -0.191. The van der Waals surface area contributed by atoms with E-state index in [-0.39, 0.29) is 5.82 Å². The van der Waals surface area contributed by atoms with Gasteiger partial charge in [0.25, 0.3) is 0 Å². The summed E-state index contributed by atoms with van der Waals surface area (Å²) in [6, 6.07) is 3.19. The van der Waals surface area contributed by atoms with Crippen LogP contribution in [-0.4, -0.2) is 18.8 Å². The number of aryl methyl sites for hydroxylation is 1. The predicted octanol–water partition coefficient (Wildman–Crippen LogP) is 2.85. The minimum absolute atomic E-state index is 0.191. The predicted molar refractivity (Wildman–Crippen MR) is 66.6 cm³/mol. The maximum atomic E-state index is 13.2. The van der Waals surface area contributed by atoms with E-state index in [1.807, 2.05) is 0 Å². The van der Waals surface area contributed by atoms with Crippen LogP contribution >= 0.6 is 24.2 Å². The summed E-state index contributed by atoms with van der Waals surface area (Å²) in [5, 5.41) is 3.83. The number of nitrogens with one attached hydrogen (secondary N) is 1. The lowest BCUT2D eigenvalue weighted by Crippen LogP contribution is -2.19. The number of hydrogen-bond acceptors (Lipinski definition) is 2. The van der Waals surface area contributed by atoms with Crippen molar-refractivity contribution >= 4 is 24.2 Å². The van der Waals surface area contributed by atoms with Crippen molar-refractivity contribution in [1.82, 2.24) is 5.32 Å². The van der Waals surface area contributed by atoms with Gasteiger partial charge in [-0.05, 0) is 43.1 Å². The van der Waals surface area contributed by atoms with Gasteiger partial charge in [-0.3, -0.25) is 0 Å². The zero-order valence-corrected chi connectivity index (χ0v) is 10.3. The molecule has 0 bridgehead atoms.